The molecular formula is C46H74N2O14. The van der Waals surface area contributed by atoms with Crippen molar-refractivity contribution >= 4 is 41.7 Å². The van der Waals surface area contributed by atoms with Crippen LogP contribution in [0.4, 0.5) is 0 Å². The molecule has 352 valence electrons. The van der Waals surface area contributed by atoms with E-state index in [1.54, 1.807) is 4.90 Å². The zero-order valence-corrected chi connectivity index (χ0v) is 37.1. The molecule has 1 amide bonds. The molecule has 0 aliphatic heterocycles. The van der Waals surface area contributed by atoms with Crippen molar-refractivity contribution in [2.24, 2.45) is 58.2 Å². The van der Waals surface area contributed by atoms with E-state index in [4.69, 9.17) is 4.74 Å². The summed E-state index contributed by atoms with van der Waals surface area (Å²) in [5, 5.41) is 59.6. The summed E-state index contributed by atoms with van der Waals surface area (Å²) < 4.78 is 6.20. The third kappa shape index (κ3) is 14.1. The van der Waals surface area contributed by atoms with Crippen LogP contribution in [-0.2, 0) is 38.3 Å². The average molecular weight is 879 g/mol. The van der Waals surface area contributed by atoms with Gasteiger partial charge in [-0.1, -0.05) is 20.8 Å². The number of carbonyl (C=O) groups is 7. The molecule has 10 atom stereocenters. The normalized spacial score (nSPS) is 29.0. The molecule has 16 nitrogen and oxygen atoms in total. The third-order valence-corrected chi connectivity index (χ3v) is 16.1. The highest BCUT2D eigenvalue weighted by Gasteiger charge is 2.60. The number of hydrogen-bond donors (Lipinski definition) is 7. The van der Waals surface area contributed by atoms with E-state index in [1.165, 1.54) is 38.5 Å². The molecule has 0 radical (unpaired) electrons. The molecule has 0 saturated heterocycles. The van der Waals surface area contributed by atoms with Gasteiger partial charge in [0.05, 0.1) is 6.10 Å². The summed E-state index contributed by atoms with van der Waals surface area (Å²) in [6, 6.07) is -1.08. The largest absolute Gasteiger partial charge is 0.481 e. The number of rotatable bonds is 28. The summed E-state index contributed by atoms with van der Waals surface area (Å²) in [6.07, 6.45) is 10.6. The number of carboxylic acid groups (broad SMARTS) is 6. The van der Waals surface area contributed by atoms with Crippen molar-refractivity contribution in [1.82, 2.24) is 10.2 Å². The molecule has 4 rings (SSSR count). The predicted molar refractivity (Wildman–Crippen MR) is 226 cm³/mol. The summed E-state index contributed by atoms with van der Waals surface area (Å²) in [7, 11) is 0. The standard InChI is InChI=1S/C46H74N2O14/c1-28(7-12-39(50)51)34-10-11-35-33-9-8-31-26-32(13-17-45(31,2)36(33)14-18-46(34,35)3)62-27-38(49)47-19-5-4-6-37(44(60)61)48(20-15-29(22-40(52)53)23-41(54)55)21-16-30(24-42(56)57)25-43(58)59/h28-37H,4-27H2,1-3H3,(H,47,49)(H,50,51)(H,52,53)(H,54,55)(H,56,57)(H,58,59)(H,60,61)/t28?,31?,32-,33?,34-,35?,36?,37-,45+,46-/m1/s1. The maximum absolute atomic E-state index is 12.9. The second-order valence-corrected chi connectivity index (χ2v) is 19.9. The highest BCUT2D eigenvalue weighted by molar-refractivity contribution is 5.77. The van der Waals surface area contributed by atoms with Gasteiger partial charge >= 0.3 is 35.8 Å². The Hall–Kier alpha value is -3.79. The van der Waals surface area contributed by atoms with Crippen LogP contribution in [0.2, 0.25) is 0 Å². The van der Waals surface area contributed by atoms with Gasteiger partial charge < -0.3 is 40.7 Å². The van der Waals surface area contributed by atoms with Crippen LogP contribution in [0.25, 0.3) is 0 Å². The molecule has 0 aromatic heterocycles. The molecule has 4 aliphatic rings. The second-order valence-electron chi connectivity index (χ2n) is 19.9. The molecule has 62 heavy (non-hydrogen) atoms. The molecule has 0 heterocycles. The first-order chi connectivity index (χ1) is 29.2. The maximum Gasteiger partial charge on any atom is 0.320 e. The van der Waals surface area contributed by atoms with Crippen molar-refractivity contribution < 1.29 is 68.9 Å². The van der Waals surface area contributed by atoms with Gasteiger partial charge in [0.2, 0.25) is 5.91 Å². The Labute approximate surface area is 365 Å². The van der Waals surface area contributed by atoms with E-state index in [2.05, 4.69) is 26.1 Å². The van der Waals surface area contributed by atoms with Gasteiger partial charge in [0.15, 0.2) is 0 Å². The lowest BCUT2D eigenvalue weighted by molar-refractivity contribution is -0.145. The van der Waals surface area contributed by atoms with Crippen LogP contribution in [0.5, 0.6) is 0 Å². The lowest BCUT2D eigenvalue weighted by Crippen LogP contribution is -2.54. The Bertz CT molecular complexity index is 1500. The van der Waals surface area contributed by atoms with Crippen LogP contribution in [0, 0.1) is 58.2 Å². The third-order valence-electron chi connectivity index (χ3n) is 16.1. The first-order valence-corrected chi connectivity index (χ1v) is 23.2. The van der Waals surface area contributed by atoms with E-state index in [1.807, 2.05) is 0 Å². The fraction of sp³-hybridized carbons (Fsp3) is 0.848. The first-order valence-electron chi connectivity index (χ1n) is 23.2. The highest BCUT2D eigenvalue weighted by atomic mass is 16.5. The molecule has 7 N–H and O–H groups in total. The molecule has 4 fully saturated rings. The number of unbranched alkanes of at least 4 members (excludes halogenated alkanes) is 1. The number of aliphatic carboxylic acids is 6. The number of carbonyl (C=O) groups excluding carboxylic acids is 1. The number of ether oxygens (including phenoxy) is 1. The Morgan fingerprint density at radius 2 is 1.23 bits per heavy atom. The van der Waals surface area contributed by atoms with E-state index in [-0.39, 0.29) is 68.2 Å². The molecule has 4 saturated carbocycles. The average Bonchev–Trinajstić information content (AvgIpc) is 3.54. The number of carboxylic acids is 6. The zero-order valence-electron chi connectivity index (χ0n) is 37.1. The van der Waals surface area contributed by atoms with E-state index < -0.39 is 79.4 Å². The Morgan fingerprint density at radius 3 is 1.77 bits per heavy atom. The van der Waals surface area contributed by atoms with Gasteiger partial charge in [-0.25, -0.2) is 0 Å². The molecule has 0 bridgehead atoms. The maximum atomic E-state index is 12.9. The summed E-state index contributed by atoms with van der Waals surface area (Å²) in [4.78, 5) is 83.9. The van der Waals surface area contributed by atoms with Crippen LogP contribution >= 0.6 is 0 Å². The van der Waals surface area contributed by atoms with Crippen molar-refractivity contribution in [2.75, 3.05) is 26.2 Å². The fourth-order valence-corrected chi connectivity index (χ4v) is 13.0. The van der Waals surface area contributed by atoms with Gasteiger partial charge in [0, 0.05) is 38.6 Å². The quantitative estimate of drug-likeness (QED) is 0.0415. The molecule has 16 heteroatoms. The molecule has 4 aliphatic carbocycles. The predicted octanol–water partition coefficient (Wildman–Crippen LogP) is 6.48. The van der Waals surface area contributed by atoms with Crippen LogP contribution < -0.4 is 5.32 Å². The smallest absolute Gasteiger partial charge is 0.320 e. The Kier molecular flexibility index (Phi) is 19.1. The summed E-state index contributed by atoms with van der Waals surface area (Å²) in [6.45, 7) is 7.53. The highest BCUT2D eigenvalue weighted by Crippen LogP contribution is 2.68. The van der Waals surface area contributed by atoms with Crippen molar-refractivity contribution in [2.45, 2.75) is 161 Å². The van der Waals surface area contributed by atoms with Crippen molar-refractivity contribution in [3.05, 3.63) is 0 Å². The number of nitrogens with one attached hydrogen (secondary N) is 1. The minimum Gasteiger partial charge on any atom is -0.481 e. The number of fused-ring (bicyclic) bond motifs is 5. The summed E-state index contributed by atoms with van der Waals surface area (Å²) >= 11 is 0. The van der Waals surface area contributed by atoms with Crippen molar-refractivity contribution in [3.63, 3.8) is 0 Å². The fourth-order valence-electron chi connectivity index (χ4n) is 13.0. The lowest BCUT2D eigenvalue weighted by Gasteiger charge is -2.61. The zero-order chi connectivity index (χ0) is 45.8. The Morgan fingerprint density at radius 1 is 0.661 bits per heavy atom. The molecular weight excluding hydrogens is 805 g/mol. The monoisotopic (exact) mass is 879 g/mol. The van der Waals surface area contributed by atoms with Crippen molar-refractivity contribution in [1.29, 1.82) is 0 Å². The molecule has 0 aromatic rings. The topological polar surface area (TPSA) is 265 Å². The SMILES string of the molecule is CC(CCC(=O)O)[C@H]1CCC2C3CCC4C[C@H](OCC(=O)NCCCC[C@H](C(=O)O)N(CCC(CC(=O)O)CC(=O)O)CCC(CC(=O)O)CC(=O)O)CC[C@]4(C)C3CC[C@@]21C. The number of hydrogen-bond acceptors (Lipinski definition) is 9. The Balaban J connectivity index is 1.24. The van der Waals surface area contributed by atoms with Crippen LogP contribution in [0.3, 0.4) is 0 Å². The minimum absolute atomic E-state index is 0.00803. The molecule has 0 spiro atoms. The van der Waals surface area contributed by atoms with E-state index in [9.17, 15) is 64.2 Å². The first kappa shape index (κ1) is 50.9. The summed E-state index contributed by atoms with van der Waals surface area (Å²) in [5.41, 5.74) is 0.534. The number of nitrogens with zero attached hydrogens (tertiary/aromatic N) is 1. The second kappa shape index (κ2) is 23.2. The number of amides is 1. The van der Waals surface area contributed by atoms with Crippen LogP contribution in [-0.4, -0.2) is 116 Å². The van der Waals surface area contributed by atoms with E-state index >= 15 is 0 Å². The molecule has 5 unspecified atom stereocenters. The van der Waals surface area contributed by atoms with Crippen molar-refractivity contribution in [3.8, 4) is 0 Å². The lowest BCUT2D eigenvalue weighted by atomic mass is 9.44. The van der Waals surface area contributed by atoms with Gasteiger partial charge in [-0.05, 0) is 168 Å². The summed E-state index contributed by atoms with van der Waals surface area (Å²) in [5.74, 6) is -4.78. The van der Waals surface area contributed by atoms with Crippen LogP contribution in [0.1, 0.15) is 149 Å². The van der Waals surface area contributed by atoms with Gasteiger partial charge in [-0.3, -0.25) is 38.5 Å². The van der Waals surface area contributed by atoms with E-state index in [0.29, 0.717) is 54.9 Å². The van der Waals surface area contributed by atoms with Gasteiger partial charge in [0.25, 0.3) is 0 Å². The van der Waals surface area contributed by atoms with Gasteiger partial charge in [-0.2, -0.15) is 0 Å². The minimum atomic E-state index is -1.19. The van der Waals surface area contributed by atoms with E-state index in [0.717, 1.165) is 25.7 Å². The van der Waals surface area contributed by atoms with Crippen LogP contribution in [0.15, 0.2) is 0 Å². The van der Waals surface area contributed by atoms with Gasteiger partial charge in [0.1, 0.15) is 12.6 Å². The van der Waals surface area contributed by atoms with Gasteiger partial charge in [-0.15, -0.1) is 0 Å². The molecule has 0 aromatic carbocycles.